The second-order valence-corrected chi connectivity index (χ2v) is 7.62. The van der Waals surface area contributed by atoms with Crippen molar-refractivity contribution in [3.05, 3.63) is 17.0 Å². The number of rotatable bonds is 5. The van der Waals surface area contributed by atoms with Gasteiger partial charge in [-0.2, -0.15) is 0 Å². The summed E-state index contributed by atoms with van der Waals surface area (Å²) in [5.41, 5.74) is -1.02. The van der Waals surface area contributed by atoms with Gasteiger partial charge in [0.05, 0.1) is 11.2 Å². The smallest absolute Gasteiger partial charge is 0.336 e. The maximum atomic E-state index is 12.0. The van der Waals surface area contributed by atoms with Gasteiger partial charge in [0.2, 0.25) is 10.0 Å². The van der Waals surface area contributed by atoms with E-state index in [2.05, 4.69) is 4.72 Å². The summed E-state index contributed by atoms with van der Waals surface area (Å²) in [5, 5.41) is 20.1. The average Bonchev–Trinajstić information content (AvgIpc) is 2.96. The van der Waals surface area contributed by atoms with Gasteiger partial charge in [0.15, 0.2) is 0 Å². The lowest BCUT2D eigenvalue weighted by molar-refractivity contribution is 0.0531. The summed E-state index contributed by atoms with van der Waals surface area (Å²) in [6.07, 6.45) is 2.95. The van der Waals surface area contributed by atoms with Crippen molar-refractivity contribution in [2.45, 2.75) is 35.5 Å². The minimum atomic E-state index is -3.75. The number of hydrogen-bond donors (Lipinski definition) is 3. The lowest BCUT2D eigenvalue weighted by atomic mass is 10.0. The van der Waals surface area contributed by atoms with Crippen LogP contribution >= 0.6 is 11.3 Å². The van der Waals surface area contributed by atoms with Gasteiger partial charge < -0.3 is 10.2 Å². The second-order valence-electron chi connectivity index (χ2n) is 4.72. The highest BCUT2D eigenvalue weighted by atomic mass is 32.2. The highest BCUT2D eigenvalue weighted by Gasteiger charge is 2.32. The molecule has 0 unspecified atom stereocenters. The van der Waals surface area contributed by atoms with Crippen LogP contribution in [-0.4, -0.2) is 36.7 Å². The molecule has 1 aliphatic carbocycles. The van der Waals surface area contributed by atoms with Crippen molar-refractivity contribution in [1.82, 2.24) is 4.72 Å². The summed E-state index contributed by atoms with van der Waals surface area (Å²) in [5.74, 6) is -1.16. The van der Waals surface area contributed by atoms with E-state index in [0.717, 1.165) is 30.2 Å². The zero-order valence-corrected chi connectivity index (χ0v) is 11.8. The fraction of sp³-hybridized carbons (Fsp3) is 0.545. The molecule has 3 N–H and O–H groups in total. The lowest BCUT2D eigenvalue weighted by Crippen LogP contribution is -2.40. The van der Waals surface area contributed by atoms with Crippen LogP contribution in [0.5, 0.6) is 0 Å². The van der Waals surface area contributed by atoms with Crippen molar-refractivity contribution < 1.29 is 23.4 Å². The Morgan fingerprint density at radius 1 is 1.42 bits per heavy atom. The monoisotopic (exact) mass is 305 g/mol. The summed E-state index contributed by atoms with van der Waals surface area (Å²) >= 11 is 0.853. The fourth-order valence-corrected chi connectivity index (χ4v) is 4.40. The second kappa shape index (κ2) is 5.20. The van der Waals surface area contributed by atoms with Crippen molar-refractivity contribution in [3.8, 4) is 0 Å². The molecule has 1 fully saturated rings. The molecule has 2 rings (SSSR count). The molecule has 106 valence electrons. The summed E-state index contributed by atoms with van der Waals surface area (Å²) in [6, 6.07) is 1.12. The predicted molar refractivity (Wildman–Crippen MR) is 69.9 cm³/mol. The zero-order chi connectivity index (χ0) is 14.1. The third-order valence-corrected chi connectivity index (χ3v) is 6.05. The number of hydrogen-bond acceptors (Lipinski definition) is 5. The number of nitrogens with one attached hydrogen (secondary N) is 1. The maximum Gasteiger partial charge on any atom is 0.336 e. The third kappa shape index (κ3) is 3.33. The highest BCUT2D eigenvalue weighted by Crippen LogP contribution is 2.29. The first kappa shape index (κ1) is 14.4. The topological polar surface area (TPSA) is 104 Å². The molecule has 0 atom stereocenters. The summed E-state index contributed by atoms with van der Waals surface area (Å²) < 4.78 is 26.2. The number of thiophene rings is 1. The van der Waals surface area contributed by atoms with Gasteiger partial charge in [-0.25, -0.2) is 17.9 Å². The third-order valence-electron chi connectivity index (χ3n) is 3.21. The first-order chi connectivity index (χ1) is 8.82. The predicted octanol–water partition coefficient (Wildman–Crippen LogP) is 1.03. The molecule has 0 radical (unpaired) electrons. The SMILES string of the molecule is O=C(O)c1csc(S(=O)(=O)NCC2(O)CCCC2)c1. The molecule has 0 saturated heterocycles. The van der Waals surface area contributed by atoms with Crippen LogP contribution in [0.25, 0.3) is 0 Å². The zero-order valence-electron chi connectivity index (χ0n) is 10.1. The van der Waals surface area contributed by atoms with Crippen molar-refractivity contribution >= 4 is 27.3 Å². The van der Waals surface area contributed by atoms with Crippen LogP contribution in [-0.2, 0) is 10.0 Å². The van der Waals surface area contributed by atoms with Crippen LogP contribution in [0.3, 0.4) is 0 Å². The number of aliphatic hydroxyl groups is 1. The van der Waals surface area contributed by atoms with Crippen molar-refractivity contribution in [2.75, 3.05) is 6.54 Å². The molecule has 1 aromatic heterocycles. The van der Waals surface area contributed by atoms with E-state index in [-0.39, 0.29) is 16.3 Å². The van der Waals surface area contributed by atoms with Crippen LogP contribution in [0, 0.1) is 0 Å². The van der Waals surface area contributed by atoms with E-state index in [9.17, 15) is 18.3 Å². The molecule has 0 spiro atoms. The molecular formula is C11H15NO5S2. The van der Waals surface area contributed by atoms with Gasteiger partial charge in [0.1, 0.15) is 4.21 Å². The Labute approximate surface area is 115 Å². The molecule has 1 aromatic rings. The first-order valence-electron chi connectivity index (χ1n) is 5.86. The number of carboxylic acids is 1. The van der Waals surface area contributed by atoms with Gasteiger partial charge in [-0.3, -0.25) is 0 Å². The molecule has 0 amide bonds. The Morgan fingerprint density at radius 3 is 2.58 bits per heavy atom. The molecule has 19 heavy (non-hydrogen) atoms. The molecule has 1 heterocycles. The summed E-state index contributed by atoms with van der Waals surface area (Å²) in [4.78, 5) is 10.7. The minimum absolute atomic E-state index is 0.0321. The van der Waals surface area contributed by atoms with Gasteiger partial charge in [-0.15, -0.1) is 11.3 Å². The Morgan fingerprint density at radius 2 is 2.05 bits per heavy atom. The normalized spacial score (nSPS) is 18.6. The molecule has 1 saturated carbocycles. The van der Waals surface area contributed by atoms with E-state index in [0.29, 0.717) is 12.8 Å². The van der Waals surface area contributed by atoms with E-state index in [1.165, 1.54) is 5.38 Å². The van der Waals surface area contributed by atoms with Crippen LogP contribution in [0.2, 0.25) is 0 Å². The number of carboxylic acid groups (broad SMARTS) is 1. The van der Waals surface area contributed by atoms with Crippen molar-refractivity contribution in [3.63, 3.8) is 0 Å². The Balaban J connectivity index is 2.07. The summed E-state index contributed by atoms with van der Waals surface area (Å²) in [6.45, 7) is -0.0321. The van der Waals surface area contributed by atoms with Crippen molar-refractivity contribution in [1.29, 1.82) is 0 Å². The van der Waals surface area contributed by atoms with E-state index >= 15 is 0 Å². The molecule has 8 heteroatoms. The van der Waals surface area contributed by atoms with E-state index in [4.69, 9.17) is 5.11 Å². The molecule has 0 aliphatic heterocycles. The number of aromatic carboxylic acids is 1. The molecule has 6 nitrogen and oxygen atoms in total. The minimum Gasteiger partial charge on any atom is -0.478 e. The van der Waals surface area contributed by atoms with E-state index in [1.807, 2.05) is 0 Å². The maximum absolute atomic E-state index is 12.0. The molecular weight excluding hydrogens is 290 g/mol. The molecule has 1 aliphatic rings. The highest BCUT2D eigenvalue weighted by molar-refractivity contribution is 7.91. The number of sulfonamides is 1. The standard InChI is InChI=1S/C11H15NO5S2/c13-10(14)8-5-9(18-6-8)19(16,17)12-7-11(15)3-1-2-4-11/h5-6,12,15H,1-4,7H2,(H,13,14). The first-order valence-corrected chi connectivity index (χ1v) is 8.23. The fourth-order valence-electron chi connectivity index (χ4n) is 2.08. The number of carbonyl (C=O) groups is 1. The summed E-state index contributed by atoms with van der Waals surface area (Å²) in [7, 11) is -3.75. The lowest BCUT2D eigenvalue weighted by Gasteiger charge is -2.21. The Kier molecular flexibility index (Phi) is 3.95. The van der Waals surface area contributed by atoms with Crippen molar-refractivity contribution in [2.24, 2.45) is 0 Å². The van der Waals surface area contributed by atoms with Gasteiger partial charge in [0, 0.05) is 11.9 Å². The van der Waals surface area contributed by atoms with Gasteiger partial charge in [-0.05, 0) is 18.9 Å². The quantitative estimate of drug-likeness (QED) is 0.754. The molecule has 0 aromatic carbocycles. The van der Waals surface area contributed by atoms with Gasteiger partial charge >= 0.3 is 5.97 Å². The van der Waals surface area contributed by atoms with Crippen LogP contribution < -0.4 is 4.72 Å². The average molecular weight is 305 g/mol. The van der Waals surface area contributed by atoms with E-state index in [1.54, 1.807) is 0 Å². The van der Waals surface area contributed by atoms with E-state index < -0.39 is 21.6 Å². The Hall–Kier alpha value is -0.960. The van der Waals surface area contributed by atoms with Crippen LogP contribution in [0.1, 0.15) is 36.0 Å². The molecule has 0 bridgehead atoms. The van der Waals surface area contributed by atoms with Gasteiger partial charge in [-0.1, -0.05) is 12.8 Å². The van der Waals surface area contributed by atoms with Gasteiger partial charge in [0.25, 0.3) is 0 Å². The Bertz CT molecular complexity index is 572. The van der Waals surface area contributed by atoms with Crippen LogP contribution in [0.15, 0.2) is 15.7 Å². The largest absolute Gasteiger partial charge is 0.478 e. The van der Waals surface area contributed by atoms with Crippen LogP contribution in [0.4, 0.5) is 0 Å².